The molecule has 2 aromatic carbocycles. The quantitative estimate of drug-likeness (QED) is 0.651. The van der Waals surface area contributed by atoms with Crippen LogP contribution in [-0.2, 0) is 4.74 Å². The molecule has 3 rings (SSSR count). The summed E-state index contributed by atoms with van der Waals surface area (Å²) >= 11 is 5.29. The summed E-state index contributed by atoms with van der Waals surface area (Å²) in [5, 5.41) is 6.55. The highest BCUT2D eigenvalue weighted by molar-refractivity contribution is 7.80. The second kappa shape index (κ2) is 7.18. The molecule has 0 saturated carbocycles. The summed E-state index contributed by atoms with van der Waals surface area (Å²) in [6, 6.07) is 12.4. The number of hydrogen-bond acceptors (Lipinski definition) is 5. The van der Waals surface area contributed by atoms with Gasteiger partial charge in [-0.1, -0.05) is 0 Å². The van der Waals surface area contributed by atoms with Gasteiger partial charge in [-0.15, -0.1) is 0 Å². The van der Waals surface area contributed by atoms with E-state index in [2.05, 4.69) is 10.6 Å². The average Bonchev–Trinajstić information content (AvgIpc) is 3.03. The molecule has 6 nitrogen and oxygen atoms in total. The van der Waals surface area contributed by atoms with Crippen molar-refractivity contribution in [3.8, 4) is 11.5 Å². The van der Waals surface area contributed by atoms with Gasteiger partial charge in [-0.3, -0.25) is 0 Å². The number of carbonyl (C=O) groups excluding carboxylic acids is 1. The van der Waals surface area contributed by atoms with Gasteiger partial charge in [-0.2, -0.15) is 0 Å². The lowest BCUT2D eigenvalue weighted by molar-refractivity contribution is 0.0526. The molecule has 1 heterocycles. The van der Waals surface area contributed by atoms with E-state index in [1.165, 1.54) is 0 Å². The van der Waals surface area contributed by atoms with Gasteiger partial charge < -0.3 is 24.8 Å². The van der Waals surface area contributed by atoms with Crippen molar-refractivity contribution in [2.45, 2.75) is 6.92 Å². The number of anilines is 2. The van der Waals surface area contributed by atoms with Crippen molar-refractivity contribution in [2.75, 3.05) is 24.0 Å². The fraction of sp³-hybridized carbons (Fsp3) is 0.176. The molecule has 0 fully saturated rings. The molecule has 0 aromatic heterocycles. The first-order chi connectivity index (χ1) is 11.7. The SMILES string of the molecule is CCOC(=O)c1ccc(NC(=S)Nc2ccc3c(c2)OCO3)cc1. The molecule has 2 N–H and O–H groups in total. The van der Waals surface area contributed by atoms with Crippen molar-refractivity contribution in [2.24, 2.45) is 0 Å². The van der Waals surface area contributed by atoms with Crippen LogP contribution in [0.5, 0.6) is 11.5 Å². The van der Waals surface area contributed by atoms with Crippen LogP contribution in [0.15, 0.2) is 42.5 Å². The first-order valence-electron chi connectivity index (χ1n) is 7.40. The lowest BCUT2D eigenvalue weighted by Gasteiger charge is -2.11. The molecule has 1 aliphatic heterocycles. The summed E-state index contributed by atoms with van der Waals surface area (Å²) in [5.74, 6) is 1.06. The normalized spacial score (nSPS) is 11.7. The molecule has 0 atom stereocenters. The third-order valence-electron chi connectivity index (χ3n) is 3.28. The number of esters is 1. The van der Waals surface area contributed by atoms with Crippen molar-refractivity contribution >= 4 is 34.7 Å². The fourth-order valence-corrected chi connectivity index (χ4v) is 2.41. The van der Waals surface area contributed by atoms with E-state index in [-0.39, 0.29) is 12.8 Å². The van der Waals surface area contributed by atoms with Crippen molar-refractivity contribution in [3.63, 3.8) is 0 Å². The van der Waals surface area contributed by atoms with Gasteiger partial charge in [-0.05, 0) is 55.5 Å². The second-order valence-corrected chi connectivity index (χ2v) is 5.35. The largest absolute Gasteiger partial charge is 0.462 e. The first-order valence-corrected chi connectivity index (χ1v) is 7.81. The summed E-state index contributed by atoms with van der Waals surface area (Å²) < 4.78 is 15.5. The highest BCUT2D eigenvalue weighted by atomic mass is 32.1. The Kier molecular flexibility index (Phi) is 4.81. The van der Waals surface area contributed by atoms with Crippen LogP contribution in [0.4, 0.5) is 11.4 Å². The van der Waals surface area contributed by atoms with Gasteiger partial charge in [0.1, 0.15) is 0 Å². The number of fused-ring (bicyclic) bond motifs is 1. The maximum atomic E-state index is 11.6. The van der Waals surface area contributed by atoms with E-state index in [1.54, 1.807) is 31.2 Å². The summed E-state index contributed by atoms with van der Waals surface area (Å²) in [6.45, 7) is 2.35. The average molecular weight is 344 g/mol. The molecule has 0 spiro atoms. The highest BCUT2D eigenvalue weighted by Crippen LogP contribution is 2.34. The topological polar surface area (TPSA) is 68.8 Å². The molecular formula is C17H16N2O4S. The summed E-state index contributed by atoms with van der Waals surface area (Å²) in [5.41, 5.74) is 2.05. The van der Waals surface area contributed by atoms with E-state index in [1.807, 2.05) is 18.2 Å². The van der Waals surface area contributed by atoms with Crippen molar-refractivity contribution in [1.29, 1.82) is 0 Å². The summed E-state index contributed by atoms with van der Waals surface area (Å²) in [7, 11) is 0. The molecule has 0 radical (unpaired) electrons. The van der Waals surface area contributed by atoms with Crippen LogP contribution < -0.4 is 20.1 Å². The molecular weight excluding hydrogens is 328 g/mol. The first kappa shape index (κ1) is 16.1. The van der Waals surface area contributed by atoms with Gasteiger partial charge in [0.2, 0.25) is 6.79 Å². The number of ether oxygens (including phenoxy) is 3. The Balaban J connectivity index is 1.59. The monoisotopic (exact) mass is 344 g/mol. The van der Waals surface area contributed by atoms with Crippen LogP contribution in [0.25, 0.3) is 0 Å². The minimum absolute atomic E-state index is 0.230. The van der Waals surface area contributed by atoms with Crippen LogP contribution in [0.1, 0.15) is 17.3 Å². The van der Waals surface area contributed by atoms with Crippen molar-refractivity contribution in [1.82, 2.24) is 0 Å². The fourth-order valence-electron chi connectivity index (χ4n) is 2.17. The number of nitrogens with one attached hydrogen (secondary N) is 2. The van der Waals surface area contributed by atoms with Gasteiger partial charge in [0, 0.05) is 17.4 Å². The third kappa shape index (κ3) is 3.75. The molecule has 0 aliphatic carbocycles. The van der Waals surface area contributed by atoms with Gasteiger partial charge >= 0.3 is 5.97 Å². The predicted molar refractivity (Wildman–Crippen MR) is 94.8 cm³/mol. The van der Waals surface area contributed by atoms with Crippen LogP contribution in [-0.4, -0.2) is 24.5 Å². The number of carbonyl (C=O) groups is 1. The number of hydrogen-bond donors (Lipinski definition) is 2. The number of benzene rings is 2. The third-order valence-corrected chi connectivity index (χ3v) is 3.49. The van der Waals surface area contributed by atoms with Crippen molar-refractivity contribution < 1.29 is 19.0 Å². The molecule has 24 heavy (non-hydrogen) atoms. The van der Waals surface area contributed by atoms with Gasteiger partial charge in [-0.25, -0.2) is 4.79 Å². The molecule has 0 bridgehead atoms. The lowest BCUT2D eigenvalue weighted by Crippen LogP contribution is -2.19. The molecule has 124 valence electrons. The Bertz CT molecular complexity index is 762. The van der Waals surface area contributed by atoms with E-state index in [0.29, 0.717) is 28.8 Å². The van der Waals surface area contributed by atoms with Crippen LogP contribution in [0, 0.1) is 0 Å². The number of rotatable bonds is 4. The molecule has 2 aromatic rings. The van der Waals surface area contributed by atoms with E-state index in [4.69, 9.17) is 26.4 Å². The smallest absolute Gasteiger partial charge is 0.338 e. The van der Waals surface area contributed by atoms with Gasteiger partial charge in [0.15, 0.2) is 16.6 Å². The Hall–Kier alpha value is -2.80. The minimum atomic E-state index is -0.342. The maximum absolute atomic E-state index is 11.6. The second-order valence-electron chi connectivity index (χ2n) is 4.94. The Morgan fingerprint density at radius 1 is 1.08 bits per heavy atom. The van der Waals surface area contributed by atoms with Crippen LogP contribution in [0.2, 0.25) is 0 Å². The molecule has 0 amide bonds. The van der Waals surface area contributed by atoms with Crippen LogP contribution in [0.3, 0.4) is 0 Å². The van der Waals surface area contributed by atoms with Gasteiger partial charge in [0.25, 0.3) is 0 Å². The van der Waals surface area contributed by atoms with E-state index >= 15 is 0 Å². The zero-order valence-corrected chi connectivity index (χ0v) is 13.8. The minimum Gasteiger partial charge on any atom is -0.462 e. The molecule has 0 saturated heterocycles. The standard InChI is InChI=1S/C17H16N2O4S/c1-2-21-16(20)11-3-5-12(6-4-11)18-17(24)19-13-7-8-14-15(9-13)23-10-22-14/h3-9H,2,10H2,1H3,(H2,18,19,24). The van der Waals surface area contributed by atoms with Crippen molar-refractivity contribution in [3.05, 3.63) is 48.0 Å². The lowest BCUT2D eigenvalue weighted by atomic mass is 10.2. The Morgan fingerprint density at radius 2 is 1.75 bits per heavy atom. The Labute approximate surface area is 144 Å². The summed E-state index contributed by atoms with van der Waals surface area (Å²) in [6.07, 6.45) is 0. The highest BCUT2D eigenvalue weighted by Gasteiger charge is 2.13. The van der Waals surface area contributed by atoms with E-state index in [9.17, 15) is 4.79 Å². The zero-order valence-electron chi connectivity index (χ0n) is 13.0. The molecule has 7 heteroatoms. The predicted octanol–water partition coefficient (Wildman–Crippen LogP) is 3.40. The molecule has 0 unspecified atom stereocenters. The Morgan fingerprint density at radius 3 is 2.50 bits per heavy atom. The maximum Gasteiger partial charge on any atom is 0.338 e. The van der Waals surface area contributed by atoms with E-state index < -0.39 is 0 Å². The zero-order chi connectivity index (χ0) is 16.9. The summed E-state index contributed by atoms with van der Waals surface area (Å²) in [4.78, 5) is 11.6. The van der Waals surface area contributed by atoms with Gasteiger partial charge in [0.05, 0.1) is 12.2 Å². The van der Waals surface area contributed by atoms with E-state index in [0.717, 1.165) is 11.4 Å². The molecule has 1 aliphatic rings. The van der Waals surface area contributed by atoms with Crippen LogP contribution >= 0.6 is 12.2 Å². The number of thiocarbonyl (C=S) groups is 1.